The van der Waals surface area contributed by atoms with Crippen molar-refractivity contribution in [2.75, 3.05) is 13.2 Å². The van der Waals surface area contributed by atoms with E-state index in [0.717, 1.165) is 0 Å². The van der Waals surface area contributed by atoms with Crippen molar-refractivity contribution < 1.29 is 14.3 Å². The average molecular weight is 323 g/mol. The van der Waals surface area contributed by atoms with E-state index in [0.29, 0.717) is 29.6 Å². The van der Waals surface area contributed by atoms with Crippen LogP contribution in [0.25, 0.3) is 0 Å². The molecule has 0 aliphatic carbocycles. The first kappa shape index (κ1) is 14.8. The quantitative estimate of drug-likeness (QED) is 0.870. The highest BCUT2D eigenvalue weighted by Crippen LogP contribution is 2.26. The van der Waals surface area contributed by atoms with Crippen LogP contribution in [0, 0.1) is 0 Å². The van der Waals surface area contributed by atoms with Gasteiger partial charge in [0.25, 0.3) is 5.91 Å². The molecule has 8 heteroatoms. The molecule has 0 unspecified atom stereocenters. The molecule has 22 heavy (non-hydrogen) atoms. The van der Waals surface area contributed by atoms with Gasteiger partial charge in [0.2, 0.25) is 0 Å². The minimum Gasteiger partial charge on any atom is -0.482 e. The molecule has 1 saturated heterocycles. The molecule has 1 aliphatic heterocycles. The van der Waals surface area contributed by atoms with Crippen molar-refractivity contribution in [2.24, 2.45) is 0 Å². The van der Waals surface area contributed by atoms with E-state index in [9.17, 15) is 4.79 Å². The molecule has 1 fully saturated rings. The molecule has 1 amide bonds. The molecule has 2 N–H and O–H groups in total. The van der Waals surface area contributed by atoms with Gasteiger partial charge in [0.15, 0.2) is 12.4 Å². The highest BCUT2D eigenvalue weighted by molar-refractivity contribution is 6.32. The molecule has 3 rings (SSSR count). The molecule has 1 aliphatic rings. The smallest absolute Gasteiger partial charge is 0.258 e. The van der Waals surface area contributed by atoms with Crippen LogP contribution in [0.3, 0.4) is 0 Å². The third-order valence-corrected chi connectivity index (χ3v) is 3.65. The minimum absolute atomic E-state index is 0.108. The van der Waals surface area contributed by atoms with Gasteiger partial charge in [-0.15, -0.1) is 0 Å². The van der Waals surface area contributed by atoms with Gasteiger partial charge < -0.3 is 14.8 Å². The number of ether oxygens (including phenoxy) is 2. The Morgan fingerprint density at radius 2 is 2.36 bits per heavy atom. The van der Waals surface area contributed by atoms with Crippen molar-refractivity contribution in [1.82, 2.24) is 20.5 Å². The summed E-state index contributed by atoms with van der Waals surface area (Å²) in [5.74, 6) is 0.850. The molecule has 1 aromatic carbocycles. The van der Waals surface area contributed by atoms with Gasteiger partial charge in [-0.25, -0.2) is 4.98 Å². The Morgan fingerprint density at radius 3 is 3.14 bits per heavy atom. The second-order valence-corrected chi connectivity index (χ2v) is 5.25. The maximum atomic E-state index is 12.0. The third kappa shape index (κ3) is 3.37. The van der Waals surface area contributed by atoms with Gasteiger partial charge in [-0.1, -0.05) is 23.7 Å². The Bertz CT molecular complexity index is 635. The number of nitrogens with one attached hydrogen (secondary N) is 2. The van der Waals surface area contributed by atoms with Crippen LogP contribution in [0.2, 0.25) is 5.02 Å². The fourth-order valence-corrected chi connectivity index (χ4v) is 2.50. The van der Waals surface area contributed by atoms with Gasteiger partial charge in [-0.3, -0.25) is 9.89 Å². The van der Waals surface area contributed by atoms with Crippen LogP contribution in [-0.4, -0.2) is 40.3 Å². The van der Waals surface area contributed by atoms with Crippen molar-refractivity contribution in [3.05, 3.63) is 41.4 Å². The molecule has 0 saturated carbocycles. The number of halogens is 1. The van der Waals surface area contributed by atoms with E-state index in [1.165, 1.54) is 6.33 Å². The largest absolute Gasteiger partial charge is 0.482 e. The fourth-order valence-electron chi connectivity index (χ4n) is 2.31. The second kappa shape index (κ2) is 6.76. The number of carbonyl (C=O) groups excluding carboxylic acids is 1. The summed E-state index contributed by atoms with van der Waals surface area (Å²) >= 11 is 5.97. The SMILES string of the molecule is O=C(COc1ccccc1Cl)N[C@H]1CCO[C@H]1c1ncn[nH]1. The van der Waals surface area contributed by atoms with Crippen LogP contribution < -0.4 is 10.1 Å². The third-order valence-electron chi connectivity index (χ3n) is 3.34. The molecule has 1 aromatic heterocycles. The number of hydrogen-bond donors (Lipinski definition) is 2. The number of para-hydroxylation sites is 1. The standard InChI is InChI=1S/C14H15ClN4O3/c15-9-3-1-2-4-11(9)22-7-12(20)18-10-5-6-21-13(10)14-16-8-17-19-14/h1-4,8,10,13H,5-7H2,(H,18,20)(H,16,17,19)/t10-,13+/m0/s1. The molecule has 7 nitrogen and oxygen atoms in total. The average Bonchev–Trinajstić information content (AvgIpc) is 3.17. The highest BCUT2D eigenvalue weighted by atomic mass is 35.5. The first-order valence-electron chi connectivity index (χ1n) is 6.87. The molecular weight excluding hydrogens is 308 g/mol. The second-order valence-electron chi connectivity index (χ2n) is 4.84. The summed E-state index contributed by atoms with van der Waals surface area (Å²) < 4.78 is 11.0. The van der Waals surface area contributed by atoms with Crippen molar-refractivity contribution >= 4 is 17.5 Å². The van der Waals surface area contributed by atoms with Crippen molar-refractivity contribution in [3.8, 4) is 5.75 Å². The van der Waals surface area contributed by atoms with Crippen LogP contribution >= 0.6 is 11.6 Å². The van der Waals surface area contributed by atoms with E-state index in [-0.39, 0.29) is 24.7 Å². The molecule has 116 valence electrons. The van der Waals surface area contributed by atoms with Gasteiger partial charge in [0, 0.05) is 6.61 Å². The Kier molecular flexibility index (Phi) is 4.55. The highest BCUT2D eigenvalue weighted by Gasteiger charge is 2.33. The topological polar surface area (TPSA) is 89.1 Å². The normalized spacial score (nSPS) is 20.8. The number of H-pyrrole nitrogens is 1. The lowest BCUT2D eigenvalue weighted by Gasteiger charge is -2.18. The van der Waals surface area contributed by atoms with E-state index in [4.69, 9.17) is 21.1 Å². The molecule has 0 radical (unpaired) electrons. The van der Waals surface area contributed by atoms with E-state index in [1.807, 2.05) is 0 Å². The number of aromatic nitrogens is 3. The summed E-state index contributed by atoms with van der Waals surface area (Å²) in [6.45, 7) is 0.449. The summed E-state index contributed by atoms with van der Waals surface area (Å²) in [5, 5.41) is 9.92. The van der Waals surface area contributed by atoms with Crippen LogP contribution in [0.5, 0.6) is 5.75 Å². The monoisotopic (exact) mass is 322 g/mol. The molecule has 2 aromatic rings. The number of benzene rings is 1. The summed E-state index contributed by atoms with van der Waals surface area (Å²) in [6.07, 6.45) is 1.81. The maximum Gasteiger partial charge on any atom is 0.258 e. The Labute approximate surface area is 132 Å². The zero-order valence-corrected chi connectivity index (χ0v) is 12.4. The molecule has 2 atom stereocenters. The maximum absolute atomic E-state index is 12.0. The Balaban J connectivity index is 1.54. The van der Waals surface area contributed by atoms with Crippen molar-refractivity contribution in [2.45, 2.75) is 18.6 Å². The van der Waals surface area contributed by atoms with Crippen LogP contribution in [0.15, 0.2) is 30.6 Å². The van der Waals surface area contributed by atoms with Crippen LogP contribution in [-0.2, 0) is 9.53 Å². The Hall–Kier alpha value is -2.12. The lowest BCUT2D eigenvalue weighted by atomic mass is 10.1. The van der Waals surface area contributed by atoms with Gasteiger partial charge in [-0.05, 0) is 18.6 Å². The lowest BCUT2D eigenvalue weighted by molar-refractivity contribution is -0.124. The van der Waals surface area contributed by atoms with Crippen molar-refractivity contribution in [3.63, 3.8) is 0 Å². The predicted molar refractivity (Wildman–Crippen MR) is 78.6 cm³/mol. The van der Waals surface area contributed by atoms with Gasteiger partial charge in [-0.2, -0.15) is 5.10 Å². The number of rotatable bonds is 5. The first-order chi connectivity index (χ1) is 10.7. The Morgan fingerprint density at radius 1 is 1.50 bits per heavy atom. The molecule has 0 bridgehead atoms. The van der Waals surface area contributed by atoms with E-state index >= 15 is 0 Å². The summed E-state index contributed by atoms with van der Waals surface area (Å²) in [4.78, 5) is 16.1. The van der Waals surface area contributed by atoms with E-state index < -0.39 is 0 Å². The summed E-state index contributed by atoms with van der Waals surface area (Å²) in [7, 11) is 0. The lowest BCUT2D eigenvalue weighted by Crippen LogP contribution is -2.39. The van der Waals surface area contributed by atoms with Crippen LogP contribution in [0.1, 0.15) is 18.3 Å². The van der Waals surface area contributed by atoms with Crippen LogP contribution in [0.4, 0.5) is 0 Å². The number of carbonyl (C=O) groups is 1. The number of nitrogens with zero attached hydrogens (tertiary/aromatic N) is 2. The van der Waals surface area contributed by atoms with Gasteiger partial charge >= 0.3 is 0 Å². The van der Waals surface area contributed by atoms with Crippen molar-refractivity contribution in [1.29, 1.82) is 0 Å². The summed E-state index contributed by atoms with van der Waals surface area (Å²) in [6, 6.07) is 6.86. The number of hydrogen-bond acceptors (Lipinski definition) is 5. The predicted octanol–water partition coefficient (Wildman–Crippen LogP) is 1.48. The minimum atomic E-state index is -0.313. The molecule has 2 heterocycles. The van der Waals surface area contributed by atoms with Gasteiger partial charge in [0.05, 0.1) is 11.1 Å². The number of amides is 1. The van der Waals surface area contributed by atoms with E-state index in [2.05, 4.69) is 20.5 Å². The fraction of sp³-hybridized carbons (Fsp3) is 0.357. The summed E-state index contributed by atoms with van der Waals surface area (Å²) in [5.41, 5.74) is 0. The zero-order chi connectivity index (χ0) is 15.4. The first-order valence-corrected chi connectivity index (χ1v) is 7.25. The molecule has 0 spiro atoms. The number of aromatic amines is 1. The van der Waals surface area contributed by atoms with Gasteiger partial charge in [0.1, 0.15) is 18.2 Å². The molecular formula is C14H15ClN4O3. The zero-order valence-electron chi connectivity index (χ0n) is 11.7. The van der Waals surface area contributed by atoms with E-state index in [1.54, 1.807) is 24.3 Å².